The topological polar surface area (TPSA) is 49.6 Å². The van der Waals surface area contributed by atoms with E-state index in [1.165, 1.54) is 0 Å². The zero-order chi connectivity index (χ0) is 10.6. The van der Waals surface area contributed by atoms with Gasteiger partial charge in [-0.25, -0.2) is 0 Å². The van der Waals surface area contributed by atoms with Gasteiger partial charge in [0.15, 0.2) is 0 Å². The number of amides is 1. The second kappa shape index (κ2) is 5.32. The molecule has 0 radical (unpaired) electrons. The fourth-order valence-electron chi connectivity index (χ4n) is 1.71. The number of hydrogen-bond acceptors (Lipinski definition) is 3. The summed E-state index contributed by atoms with van der Waals surface area (Å²) >= 11 is 0. The molecule has 0 atom stereocenters. The summed E-state index contributed by atoms with van der Waals surface area (Å²) in [6.07, 6.45) is 2.27. The van der Waals surface area contributed by atoms with Crippen LogP contribution in [0.3, 0.4) is 0 Å². The smallest absolute Gasteiger partial charge is 0.236 e. The lowest BCUT2D eigenvalue weighted by Crippen LogP contribution is -2.42. The number of hydrogen-bond donors (Lipinski definition) is 1. The molecule has 82 valence electrons. The van der Waals surface area contributed by atoms with Gasteiger partial charge in [-0.3, -0.25) is 9.69 Å². The van der Waals surface area contributed by atoms with Crippen LogP contribution in [0.1, 0.15) is 12.8 Å². The number of nitrogens with two attached hydrogens (primary N) is 1. The van der Waals surface area contributed by atoms with Crippen LogP contribution in [0.4, 0.5) is 0 Å². The molecule has 4 heteroatoms. The first kappa shape index (κ1) is 11.5. The zero-order valence-electron chi connectivity index (χ0n) is 9.20. The summed E-state index contributed by atoms with van der Waals surface area (Å²) in [6.45, 7) is 3.38. The molecule has 1 heterocycles. The van der Waals surface area contributed by atoms with E-state index in [0.717, 1.165) is 32.5 Å². The Morgan fingerprint density at radius 2 is 2.00 bits per heavy atom. The van der Waals surface area contributed by atoms with Gasteiger partial charge in [0.05, 0.1) is 6.54 Å². The van der Waals surface area contributed by atoms with Gasteiger partial charge in [0.1, 0.15) is 0 Å². The van der Waals surface area contributed by atoms with E-state index in [2.05, 4.69) is 4.90 Å². The van der Waals surface area contributed by atoms with E-state index in [0.29, 0.717) is 12.5 Å². The highest BCUT2D eigenvalue weighted by molar-refractivity contribution is 5.77. The molecule has 1 fully saturated rings. The summed E-state index contributed by atoms with van der Waals surface area (Å²) in [5.41, 5.74) is 5.60. The molecular formula is C10H21N3O. The molecule has 0 saturated carbocycles. The Balaban J connectivity index is 2.25. The molecule has 0 aromatic carbocycles. The SMILES string of the molecule is CN(C)C(=O)CN1CCC(CN)CC1. The third kappa shape index (κ3) is 3.27. The van der Waals surface area contributed by atoms with Crippen LogP contribution in [0.2, 0.25) is 0 Å². The predicted octanol–water partition coefficient (Wildman–Crippen LogP) is -0.255. The average Bonchev–Trinajstić information content (AvgIpc) is 2.19. The molecular weight excluding hydrogens is 178 g/mol. The Labute approximate surface area is 86.0 Å². The fourth-order valence-corrected chi connectivity index (χ4v) is 1.71. The van der Waals surface area contributed by atoms with E-state index in [1.54, 1.807) is 19.0 Å². The van der Waals surface area contributed by atoms with Crippen LogP contribution in [0.15, 0.2) is 0 Å². The summed E-state index contributed by atoms with van der Waals surface area (Å²) in [5, 5.41) is 0. The molecule has 1 aliphatic heterocycles. The molecule has 0 unspecified atom stereocenters. The molecule has 1 saturated heterocycles. The maximum absolute atomic E-state index is 11.4. The van der Waals surface area contributed by atoms with Gasteiger partial charge in [-0.05, 0) is 38.4 Å². The first-order valence-corrected chi connectivity index (χ1v) is 5.26. The van der Waals surface area contributed by atoms with Gasteiger partial charge in [0.25, 0.3) is 0 Å². The quantitative estimate of drug-likeness (QED) is 0.681. The van der Waals surface area contributed by atoms with Crippen molar-refractivity contribution < 1.29 is 4.79 Å². The van der Waals surface area contributed by atoms with E-state index in [1.807, 2.05) is 0 Å². The van der Waals surface area contributed by atoms with E-state index in [9.17, 15) is 4.79 Å². The molecule has 4 nitrogen and oxygen atoms in total. The molecule has 1 amide bonds. The Bertz CT molecular complexity index is 186. The largest absolute Gasteiger partial charge is 0.348 e. The Hall–Kier alpha value is -0.610. The van der Waals surface area contributed by atoms with Crippen molar-refractivity contribution in [2.24, 2.45) is 11.7 Å². The average molecular weight is 199 g/mol. The summed E-state index contributed by atoms with van der Waals surface area (Å²) < 4.78 is 0. The van der Waals surface area contributed by atoms with Crippen molar-refractivity contribution in [1.29, 1.82) is 0 Å². The summed E-state index contributed by atoms with van der Waals surface area (Å²) in [5.74, 6) is 0.858. The Morgan fingerprint density at radius 1 is 1.43 bits per heavy atom. The van der Waals surface area contributed by atoms with Crippen LogP contribution in [-0.2, 0) is 4.79 Å². The minimum absolute atomic E-state index is 0.191. The van der Waals surface area contributed by atoms with E-state index < -0.39 is 0 Å². The second-order valence-corrected chi connectivity index (χ2v) is 4.24. The highest BCUT2D eigenvalue weighted by atomic mass is 16.2. The Morgan fingerprint density at radius 3 is 2.43 bits per heavy atom. The van der Waals surface area contributed by atoms with Crippen molar-refractivity contribution in [3.05, 3.63) is 0 Å². The maximum Gasteiger partial charge on any atom is 0.236 e. The molecule has 0 aromatic rings. The molecule has 0 aliphatic carbocycles. The minimum Gasteiger partial charge on any atom is -0.348 e. The third-order valence-corrected chi connectivity index (χ3v) is 2.90. The summed E-state index contributed by atoms with van der Waals surface area (Å²) in [6, 6.07) is 0. The third-order valence-electron chi connectivity index (χ3n) is 2.90. The minimum atomic E-state index is 0.191. The highest BCUT2D eigenvalue weighted by Crippen LogP contribution is 2.15. The van der Waals surface area contributed by atoms with E-state index >= 15 is 0 Å². The van der Waals surface area contributed by atoms with Crippen molar-refractivity contribution in [2.75, 3.05) is 40.3 Å². The second-order valence-electron chi connectivity index (χ2n) is 4.24. The van der Waals surface area contributed by atoms with Crippen molar-refractivity contribution >= 4 is 5.91 Å². The van der Waals surface area contributed by atoms with Crippen molar-refractivity contribution in [1.82, 2.24) is 9.80 Å². The molecule has 14 heavy (non-hydrogen) atoms. The number of piperidine rings is 1. The lowest BCUT2D eigenvalue weighted by atomic mass is 9.97. The van der Waals surface area contributed by atoms with Gasteiger partial charge in [-0.1, -0.05) is 0 Å². The normalized spacial score (nSPS) is 19.6. The van der Waals surface area contributed by atoms with Crippen molar-refractivity contribution in [2.45, 2.75) is 12.8 Å². The van der Waals surface area contributed by atoms with Crippen LogP contribution >= 0.6 is 0 Å². The zero-order valence-corrected chi connectivity index (χ0v) is 9.20. The number of rotatable bonds is 3. The molecule has 1 rings (SSSR count). The van der Waals surface area contributed by atoms with Crippen LogP contribution in [0.25, 0.3) is 0 Å². The van der Waals surface area contributed by atoms with Crippen LogP contribution < -0.4 is 5.73 Å². The van der Waals surface area contributed by atoms with Crippen molar-refractivity contribution in [3.63, 3.8) is 0 Å². The standard InChI is InChI=1S/C10H21N3O/c1-12(2)10(14)8-13-5-3-9(7-11)4-6-13/h9H,3-8,11H2,1-2H3. The molecule has 2 N–H and O–H groups in total. The van der Waals surface area contributed by atoms with Gasteiger partial charge < -0.3 is 10.6 Å². The van der Waals surface area contributed by atoms with Gasteiger partial charge in [0, 0.05) is 14.1 Å². The lowest BCUT2D eigenvalue weighted by molar-refractivity contribution is -0.130. The van der Waals surface area contributed by atoms with Gasteiger partial charge in [0.2, 0.25) is 5.91 Å². The van der Waals surface area contributed by atoms with Crippen molar-refractivity contribution in [3.8, 4) is 0 Å². The first-order chi connectivity index (χ1) is 6.63. The number of nitrogens with zero attached hydrogens (tertiary/aromatic N) is 2. The number of carbonyl (C=O) groups is 1. The molecule has 0 bridgehead atoms. The van der Waals surface area contributed by atoms with E-state index in [4.69, 9.17) is 5.73 Å². The highest BCUT2D eigenvalue weighted by Gasteiger charge is 2.19. The monoisotopic (exact) mass is 199 g/mol. The fraction of sp³-hybridized carbons (Fsp3) is 0.900. The van der Waals surface area contributed by atoms with Gasteiger partial charge >= 0.3 is 0 Å². The van der Waals surface area contributed by atoms with Gasteiger partial charge in [-0.15, -0.1) is 0 Å². The molecule has 1 aliphatic rings. The number of carbonyl (C=O) groups excluding carboxylic acids is 1. The lowest BCUT2D eigenvalue weighted by Gasteiger charge is -2.31. The summed E-state index contributed by atoms with van der Waals surface area (Å²) in [4.78, 5) is 15.3. The van der Waals surface area contributed by atoms with E-state index in [-0.39, 0.29) is 5.91 Å². The number of likely N-dealkylation sites (tertiary alicyclic amines) is 1. The first-order valence-electron chi connectivity index (χ1n) is 5.26. The Kier molecular flexibility index (Phi) is 4.35. The predicted molar refractivity (Wildman–Crippen MR) is 56.9 cm³/mol. The molecule has 0 spiro atoms. The van der Waals surface area contributed by atoms with Gasteiger partial charge in [-0.2, -0.15) is 0 Å². The number of likely N-dealkylation sites (N-methyl/N-ethyl adjacent to an activating group) is 1. The van der Waals surface area contributed by atoms with Crippen LogP contribution in [0.5, 0.6) is 0 Å². The summed E-state index contributed by atoms with van der Waals surface area (Å²) in [7, 11) is 3.60. The van der Waals surface area contributed by atoms with Crippen LogP contribution in [-0.4, -0.2) is 56.0 Å². The van der Waals surface area contributed by atoms with Crippen LogP contribution in [0, 0.1) is 5.92 Å². The molecule has 0 aromatic heterocycles. The maximum atomic E-state index is 11.4.